The van der Waals surface area contributed by atoms with Crippen molar-refractivity contribution in [2.45, 2.75) is 17.8 Å². The van der Waals surface area contributed by atoms with Crippen LogP contribution in [0.15, 0.2) is 82.7 Å². The molecule has 3 N–H and O–H groups in total. The maximum absolute atomic E-state index is 14.6. The zero-order chi connectivity index (χ0) is 27.5. The van der Waals surface area contributed by atoms with E-state index in [2.05, 4.69) is 5.32 Å². The normalized spacial score (nSPS) is 21.4. The van der Waals surface area contributed by atoms with E-state index >= 15 is 0 Å². The average Bonchev–Trinajstić information content (AvgIpc) is 3.42. The summed E-state index contributed by atoms with van der Waals surface area (Å²) in [5.74, 6) is -5.67. The molecule has 0 fully saturated rings. The van der Waals surface area contributed by atoms with Crippen molar-refractivity contribution in [3.8, 4) is 6.07 Å². The molecule has 0 aliphatic carbocycles. The summed E-state index contributed by atoms with van der Waals surface area (Å²) in [4.78, 5) is 26.0. The molecule has 38 heavy (non-hydrogen) atoms. The number of hydrogen-bond donors (Lipinski definition) is 3. The fourth-order valence-electron chi connectivity index (χ4n) is 4.18. The fraction of sp³-hybridized carbons (Fsp3) is 0.192. The number of hydrogen-bond acceptors (Lipinski definition) is 7. The Morgan fingerprint density at radius 2 is 1.82 bits per heavy atom. The van der Waals surface area contributed by atoms with Crippen molar-refractivity contribution in [2.75, 3.05) is 11.1 Å². The number of thioether (sulfide) groups is 1. The lowest BCUT2D eigenvalue weighted by Crippen LogP contribution is -2.66. The number of Topliss-reactive ketones (excluding diaryl/α,β-unsaturated/α-hetero) is 1. The molecule has 196 valence electrons. The van der Waals surface area contributed by atoms with Crippen molar-refractivity contribution >= 4 is 52.1 Å². The van der Waals surface area contributed by atoms with Gasteiger partial charge in [0, 0.05) is 16.6 Å². The van der Waals surface area contributed by atoms with Crippen LogP contribution in [0.25, 0.3) is 0 Å². The number of nitrogens with zero attached hydrogens (tertiary/aromatic N) is 1. The standard InChI is InChI=1S/C26H19ClF3N3O3S2/c27-18-10-5-4-9-16(18)21-17(13-31)24(38-14-20(34)32-15-7-2-1-3-8-15)33-25(36,26(28,29)30)22(21)23(35)19-11-6-12-37-19/h1-12,21-22,33,36H,14H2,(H,32,34)/t21-,22+,25+/m0/s1. The van der Waals surface area contributed by atoms with Crippen molar-refractivity contribution in [3.05, 3.63) is 98.2 Å². The number of thiophene rings is 1. The minimum Gasteiger partial charge on any atom is -0.363 e. The van der Waals surface area contributed by atoms with Crippen molar-refractivity contribution in [1.29, 1.82) is 5.26 Å². The quantitative estimate of drug-likeness (QED) is 0.300. The van der Waals surface area contributed by atoms with Gasteiger partial charge in [-0.25, -0.2) is 0 Å². The van der Waals surface area contributed by atoms with Crippen molar-refractivity contribution in [3.63, 3.8) is 0 Å². The van der Waals surface area contributed by atoms with Crippen LogP contribution in [0.2, 0.25) is 5.02 Å². The molecule has 1 aliphatic heterocycles. The van der Waals surface area contributed by atoms with Gasteiger partial charge in [-0.05, 0) is 35.2 Å². The highest BCUT2D eigenvalue weighted by Crippen LogP contribution is 2.52. The topological polar surface area (TPSA) is 102 Å². The molecule has 3 aromatic rings. The number of halogens is 4. The number of alkyl halides is 3. The first kappa shape index (κ1) is 27.7. The van der Waals surface area contributed by atoms with Crippen molar-refractivity contribution in [2.24, 2.45) is 5.92 Å². The van der Waals surface area contributed by atoms with E-state index in [0.717, 1.165) is 11.3 Å². The molecule has 0 saturated carbocycles. The Morgan fingerprint density at radius 3 is 2.42 bits per heavy atom. The molecule has 2 heterocycles. The third kappa shape index (κ3) is 5.44. The van der Waals surface area contributed by atoms with Gasteiger partial charge in [-0.15, -0.1) is 11.3 Å². The van der Waals surface area contributed by atoms with Gasteiger partial charge in [-0.2, -0.15) is 18.4 Å². The molecular weight excluding hydrogens is 559 g/mol. The van der Waals surface area contributed by atoms with E-state index in [1.54, 1.807) is 36.4 Å². The zero-order valence-corrected chi connectivity index (χ0v) is 21.7. The Kier molecular flexibility index (Phi) is 8.18. The van der Waals surface area contributed by atoms with Gasteiger partial charge in [-0.3, -0.25) is 9.59 Å². The van der Waals surface area contributed by atoms with E-state index in [-0.39, 0.29) is 31.8 Å². The van der Waals surface area contributed by atoms with Crippen LogP contribution in [-0.4, -0.2) is 34.5 Å². The number of nitrogens with one attached hydrogen (secondary N) is 2. The maximum atomic E-state index is 14.6. The van der Waals surface area contributed by atoms with Gasteiger partial charge in [0.05, 0.1) is 33.2 Å². The molecular formula is C26H19ClF3N3O3S2. The Bertz CT molecular complexity index is 1410. The molecule has 6 nitrogen and oxygen atoms in total. The molecule has 1 aromatic heterocycles. The lowest BCUT2D eigenvalue weighted by molar-refractivity contribution is -0.285. The van der Waals surface area contributed by atoms with Gasteiger partial charge >= 0.3 is 6.18 Å². The van der Waals surface area contributed by atoms with Crippen LogP contribution in [0.1, 0.15) is 21.2 Å². The van der Waals surface area contributed by atoms with Crippen LogP contribution in [0.3, 0.4) is 0 Å². The first-order valence-electron chi connectivity index (χ1n) is 11.1. The number of allylic oxidation sites excluding steroid dienone is 1. The van der Waals surface area contributed by atoms with Gasteiger partial charge in [0.2, 0.25) is 11.6 Å². The number of anilines is 1. The van der Waals surface area contributed by atoms with E-state index in [4.69, 9.17) is 11.6 Å². The minimum absolute atomic E-state index is 0.0202. The predicted octanol–water partition coefficient (Wildman–Crippen LogP) is 5.95. The largest absolute Gasteiger partial charge is 0.437 e. The monoisotopic (exact) mass is 577 g/mol. The summed E-state index contributed by atoms with van der Waals surface area (Å²) in [7, 11) is 0. The number of rotatable bonds is 7. The summed E-state index contributed by atoms with van der Waals surface area (Å²) in [6, 6.07) is 19.1. The number of benzene rings is 2. The Labute approximate surface area is 229 Å². The average molecular weight is 578 g/mol. The highest BCUT2D eigenvalue weighted by Gasteiger charge is 2.66. The highest BCUT2D eigenvalue weighted by atomic mass is 35.5. The van der Waals surface area contributed by atoms with Crippen LogP contribution in [0.5, 0.6) is 0 Å². The lowest BCUT2D eigenvalue weighted by Gasteiger charge is -2.45. The van der Waals surface area contributed by atoms with Crippen LogP contribution < -0.4 is 10.6 Å². The number of para-hydroxylation sites is 1. The maximum Gasteiger partial charge on any atom is 0.437 e. The van der Waals surface area contributed by atoms with Crippen molar-refractivity contribution in [1.82, 2.24) is 5.32 Å². The molecule has 0 bridgehead atoms. The number of carbonyl (C=O) groups excluding carboxylic acids is 2. The zero-order valence-electron chi connectivity index (χ0n) is 19.3. The first-order chi connectivity index (χ1) is 18.1. The van der Waals surface area contributed by atoms with E-state index in [1.165, 1.54) is 35.7 Å². The highest BCUT2D eigenvalue weighted by molar-refractivity contribution is 8.03. The Balaban J connectivity index is 1.82. The van der Waals surface area contributed by atoms with E-state index in [9.17, 15) is 33.1 Å². The van der Waals surface area contributed by atoms with Gasteiger partial charge in [0.1, 0.15) is 0 Å². The SMILES string of the molecule is N#CC1=C(SCC(=O)Nc2ccccc2)N[C@](O)(C(F)(F)F)[C@@H](C(=O)c2cccs2)[C@H]1c1ccccc1Cl. The number of carbonyl (C=O) groups is 2. The molecule has 0 saturated heterocycles. The van der Waals surface area contributed by atoms with Crippen molar-refractivity contribution < 1.29 is 27.9 Å². The molecule has 4 rings (SSSR count). The second-order valence-corrected chi connectivity index (χ2v) is 10.6. The second kappa shape index (κ2) is 11.2. The Hall–Kier alpha value is -3.30. The Morgan fingerprint density at radius 1 is 1.13 bits per heavy atom. The summed E-state index contributed by atoms with van der Waals surface area (Å²) in [5.41, 5.74) is -3.47. The number of amides is 1. The van der Waals surface area contributed by atoms with Gasteiger partial charge in [0.25, 0.3) is 0 Å². The van der Waals surface area contributed by atoms with Crippen LogP contribution in [0, 0.1) is 17.2 Å². The molecule has 0 unspecified atom stereocenters. The fourth-order valence-corrected chi connectivity index (χ4v) is 6.04. The van der Waals surface area contributed by atoms with Crippen LogP contribution >= 0.6 is 34.7 Å². The lowest BCUT2D eigenvalue weighted by atomic mass is 9.70. The van der Waals surface area contributed by atoms with Gasteiger partial charge < -0.3 is 15.7 Å². The summed E-state index contributed by atoms with van der Waals surface area (Å²) in [5, 5.41) is 27.1. The molecule has 0 spiro atoms. The van der Waals surface area contributed by atoms with E-state index in [0.29, 0.717) is 17.4 Å². The van der Waals surface area contributed by atoms with E-state index in [1.807, 2.05) is 11.4 Å². The number of aliphatic hydroxyl groups is 1. The molecule has 3 atom stereocenters. The molecule has 1 amide bonds. The second-order valence-electron chi connectivity index (χ2n) is 8.27. The molecule has 1 aliphatic rings. The number of nitriles is 1. The van der Waals surface area contributed by atoms with Gasteiger partial charge in [0.15, 0.2) is 5.78 Å². The summed E-state index contributed by atoms with van der Waals surface area (Å²) in [6.07, 6.45) is -5.34. The molecule has 12 heteroatoms. The molecule has 2 aromatic carbocycles. The molecule has 0 radical (unpaired) electrons. The summed E-state index contributed by atoms with van der Waals surface area (Å²) in [6.45, 7) is 0. The third-order valence-corrected chi connectivity index (χ3v) is 8.13. The third-order valence-electron chi connectivity index (χ3n) is 5.89. The predicted molar refractivity (Wildman–Crippen MR) is 141 cm³/mol. The number of ketones is 1. The van der Waals surface area contributed by atoms with Crippen LogP contribution in [-0.2, 0) is 4.79 Å². The smallest absolute Gasteiger partial charge is 0.363 e. The summed E-state index contributed by atoms with van der Waals surface area (Å²) >= 11 is 7.88. The minimum atomic E-state index is -5.34. The summed E-state index contributed by atoms with van der Waals surface area (Å²) < 4.78 is 43.7. The van der Waals surface area contributed by atoms with E-state index < -0.39 is 35.4 Å². The van der Waals surface area contributed by atoms with Crippen LogP contribution in [0.4, 0.5) is 18.9 Å². The first-order valence-corrected chi connectivity index (χ1v) is 13.3. The van der Waals surface area contributed by atoms with Gasteiger partial charge in [-0.1, -0.05) is 65.8 Å².